The Kier molecular flexibility index (Phi) is 4.67. The van der Waals surface area contributed by atoms with Crippen LogP contribution in [0.2, 0.25) is 5.02 Å². The van der Waals surface area contributed by atoms with Gasteiger partial charge < -0.3 is 5.32 Å². The summed E-state index contributed by atoms with van der Waals surface area (Å²) in [5.74, 6) is 0. The van der Waals surface area contributed by atoms with Gasteiger partial charge in [-0.3, -0.25) is 4.98 Å². The quantitative estimate of drug-likeness (QED) is 0.888. The summed E-state index contributed by atoms with van der Waals surface area (Å²) in [6.07, 6.45) is 2.86. The molecule has 0 atom stereocenters. The third-order valence-corrected chi connectivity index (χ3v) is 4.52. The van der Waals surface area contributed by atoms with E-state index >= 15 is 0 Å². The maximum absolute atomic E-state index is 11.5. The largest absolute Gasteiger partial charge is 0.378 e. The van der Waals surface area contributed by atoms with Crippen molar-refractivity contribution in [1.29, 1.82) is 0 Å². The molecule has 20 heavy (non-hydrogen) atoms. The van der Waals surface area contributed by atoms with Crippen LogP contribution in [0, 0.1) is 0 Å². The minimum Gasteiger partial charge on any atom is -0.378 e. The fourth-order valence-electron chi connectivity index (χ4n) is 1.57. The zero-order chi connectivity index (χ0) is 14.8. The molecule has 1 aromatic heterocycles. The van der Waals surface area contributed by atoms with Gasteiger partial charge in [-0.2, -0.15) is 0 Å². The van der Waals surface area contributed by atoms with E-state index in [0.717, 1.165) is 16.4 Å². The Hall–Kier alpha value is -1.11. The maximum atomic E-state index is 11.5. The SMILES string of the molecule is CS(=O)(=O)c1ccc(Cl)c(NCc2ccc(Br)cn2)c1. The standard InChI is InChI=1S/C13H12BrClN2O2S/c1-20(18,19)11-4-5-12(15)13(6-11)17-8-10-3-2-9(14)7-16-10/h2-7,17H,8H2,1H3. The van der Waals surface area contributed by atoms with E-state index in [1.54, 1.807) is 12.3 Å². The number of sulfone groups is 1. The van der Waals surface area contributed by atoms with Crippen molar-refractivity contribution in [2.24, 2.45) is 0 Å². The second kappa shape index (κ2) is 6.11. The molecule has 0 radical (unpaired) electrons. The van der Waals surface area contributed by atoms with Crippen LogP contribution in [-0.2, 0) is 16.4 Å². The number of anilines is 1. The molecule has 0 fully saturated rings. The van der Waals surface area contributed by atoms with Crippen LogP contribution < -0.4 is 5.32 Å². The Bertz CT molecular complexity index is 718. The first kappa shape index (κ1) is 15.3. The van der Waals surface area contributed by atoms with E-state index in [2.05, 4.69) is 26.2 Å². The molecule has 0 unspecified atom stereocenters. The Morgan fingerprint density at radius 3 is 2.65 bits per heavy atom. The summed E-state index contributed by atoms with van der Waals surface area (Å²) in [6, 6.07) is 8.33. The van der Waals surface area contributed by atoms with E-state index in [9.17, 15) is 8.42 Å². The number of nitrogens with zero attached hydrogens (tertiary/aromatic N) is 1. The summed E-state index contributed by atoms with van der Waals surface area (Å²) >= 11 is 9.37. The van der Waals surface area contributed by atoms with Crippen LogP contribution in [0.15, 0.2) is 45.9 Å². The Balaban J connectivity index is 2.19. The van der Waals surface area contributed by atoms with Crippen LogP contribution in [0.25, 0.3) is 0 Å². The lowest BCUT2D eigenvalue weighted by molar-refractivity contribution is 0.602. The molecule has 106 valence electrons. The van der Waals surface area contributed by atoms with E-state index in [4.69, 9.17) is 11.6 Å². The average Bonchev–Trinajstić information content (AvgIpc) is 2.38. The fourth-order valence-corrected chi connectivity index (χ4v) is 2.63. The van der Waals surface area contributed by atoms with E-state index < -0.39 is 9.84 Å². The van der Waals surface area contributed by atoms with Crippen molar-refractivity contribution in [2.45, 2.75) is 11.4 Å². The third-order valence-electron chi connectivity index (χ3n) is 2.61. The molecule has 1 N–H and O–H groups in total. The van der Waals surface area contributed by atoms with Crippen molar-refractivity contribution in [3.8, 4) is 0 Å². The first-order chi connectivity index (χ1) is 9.36. The normalized spacial score (nSPS) is 11.3. The highest BCUT2D eigenvalue weighted by atomic mass is 79.9. The molecule has 0 saturated carbocycles. The van der Waals surface area contributed by atoms with Crippen LogP contribution in [0.3, 0.4) is 0 Å². The minimum absolute atomic E-state index is 0.230. The molecule has 1 aromatic carbocycles. The lowest BCUT2D eigenvalue weighted by Crippen LogP contribution is -2.04. The van der Waals surface area contributed by atoms with E-state index in [1.165, 1.54) is 12.1 Å². The second-order valence-corrected chi connectivity index (χ2v) is 7.57. The number of pyridine rings is 1. The van der Waals surface area contributed by atoms with Crippen LogP contribution in [0.4, 0.5) is 5.69 Å². The summed E-state index contributed by atoms with van der Waals surface area (Å²) in [5, 5.41) is 3.55. The Labute approximate surface area is 131 Å². The molecule has 0 aliphatic carbocycles. The average molecular weight is 376 g/mol. The van der Waals surface area contributed by atoms with Crippen molar-refractivity contribution in [1.82, 2.24) is 4.98 Å². The van der Waals surface area contributed by atoms with Gasteiger partial charge in [-0.1, -0.05) is 11.6 Å². The van der Waals surface area contributed by atoms with E-state index in [-0.39, 0.29) is 4.90 Å². The number of rotatable bonds is 4. The molecular formula is C13H12BrClN2O2S. The second-order valence-electron chi connectivity index (χ2n) is 4.24. The highest BCUT2D eigenvalue weighted by Crippen LogP contribution is 2.25. The summed E-state index contributed by atoms with van der Waals surface area (Å²) < 4.78 is 23.9. The molecule has 0 aliphatic heterocycles. The van der Waals surface area contributed by atoms with Crippen molar-refractivity contribution in [3.05, 3.63) is 51.7 Å². The number of hydrogen-bond donors (Lipinski definition) is 1. The molecular weight excluding hydrogens is 364 g/mol. The predicted molar refractivity (Wildman–Crippen MR) is 83.8 cm³/mol. The van der Waals surface area contributed by atoms with Gasteiger partial charge in [0, 0.05) is 16.9 Å². The van der Waals surface area contributed by atoms with Gasteiger partial charge in [-0.05, 0) is 46.3 Å². The first-order valence-corrected chi connectivity index (χ1v) is 8.76. The molecule has 0 bridgehead atoms. The number of nitrogens with one attached hydrogen (secondary N) is 1. The van der Waals surface area contributed by atoms with Crippen molar-refractivity contribution < 1.29 is 8.42 Å². The lowest BCUT2D eigenvalue weighted by atomic mass is 10.3. The maximum Gasteiger partial charge on any atom is 0.175 e. The minimum atomic E-state index is -3.25. The molecule has 7 heteroatoms. The summed E-state index contributed by atoms with van der Waals surface area (Å²) in [5.41, 5.74) is 1.40. The Morgan fingerprint density at radius 2 is 2.05 bits per heavy atom. The van der Waals surface area contributed by atoms with Gasteiger partial charge in [-0.25, -0.2) is 8.42 Å². The molecule has 2 rings (SSSR count). The van der Waals surface area contributed by atoms with Crippen molar-refractivity contribution >= 4 is 43.1 Å². The van der Waals surface area contributed by atoms with E-state index in [1.807, 2.05) is 12.1 Å². The van der Waals surface area contributed by atoms with Crippen molar-refractivity contribution in [3.63, 3.8) is 0 Å². The fraction of sp³-hybridized carbons (Fsp3) is 0.154. The van der Waals surface area contributed by atoms with Gasteiger partial charge in [0.05, 0.1) is 27.8 Å². The van der Waals surface area contributed by atoms with Gasteiger partial charge in [0.2, 0.25) is 0 Å². The zero-order valence-electron chi connectivity index (χ0n) is 10.6. The summed E-state index contributed by atoms with van der Waals surface area (Å²) in [4.78, 5) is 4.45. The van der Waals surface area contributed by atoms with Gasteiger partial charge in [0.1, 0.15) is 0 Å². The van der Waals surface area contributed by atoms with Crippen molar-refractivity contribution in [2.75, 3.05) is 11.6 Å². The van der Waals surface area contributed by atoms with Gasteiger partial charge in [0.25, 0.3) is 0 Å². The molecule has 0 amide bonds. The van der Waals surface area contributed by atoms with Crippen LogP contribution in [0.1, 0.15) is 5.69 Å². The van der Waals surface area contributed by atoms with Gasteiger partial charge >= 0.3 is 0 Å². The van der Waals surface area contributed by atoms with Crippen LogP contribution in [-0.4, -0.2) is 19.7 Å². The smallest absolute Gasteiger partial charge is 0.175 e. The zero-order valence-corrected chi connectivity index (χ0v) is 13.8. The van der Waals surface area contributed by atoms with Gasteiger partial charge in [0.15, 0.2) is 9.84 Å². The number of halogens is 2. The molecule has 0 saturated heterocycles. The first-order valence-electron chi connectivity index (χ1n) is 5.70. The summed E-state index contributed by atoms with van der Waals surface area (Å²) in [7, 11) is -3.25. The number of benzene rings is 1. The van der Waals surface area contributed by atoms with Crippen LogP contribution >= 0.6 is 27.5 Å². The van der Waals surface area contributed by atoms with Crippen LogP contribution in [0.5, 0.6) is 0 Å². The number of hydrogen-bond acceptors (Lipinski definition) is 4. The highest BCUT2D eigenvalue weighted by Gasteiger charge is 2.10. The molecule has 2 aromatic rings. The van der Waals surface area contributed by atoms with Gasteiger partial charge in [-0.15, -0.1) is 0 Å². The Morgan fingerprint density at radius 1 is 1.30 bits per heavy atom. The number of aromatic nitrogens is 1. The monoisotopic (exact) mass is 374 g/mol. The lowest BCUT2D eigenvalue weighted by Gasteiger charge is -2.09. The summed E-state index contributed by atoms with van der Waals surface area (Å²) in [6.45, 7) is 0.459. The topological polar surface area (TPSA) is 59.1 Å². The molecule has 0 spiro atoms. The van der Waals surface area contributed by atoms with E-state index in [0.29, 0.717) is 17.3 Å². The molecule has 0 aliphatic rings. The molecule has 4 nitrogen and oxygen atoms in total. The molecule has 1 heterocycles. The highest BCUT2D eigenvalue weighted by molar-refractivity contribution is 9.10. The predicted octanol–water partition coefficient (Wildman–Crippen LogP) is 3.51. The third kappa shape index (κ3) is 3.94.